The van der Waals surface area contributed by atoms with Crippen molar-refractivity contribution in [3.05, 3.63) is 33.8 Å². The molecule has 1 heterocycles. The maximum absolute atomic E-state index is 12.8. The first-order valence-electron chi connectivity index (χ1n) is 8.78. The van der Waals surface area contributed by atoms with Crippen LogP contribution in [0.15, 0.2) is 18.2 Å². The minimum absolute atomic E-state index is 0.0485. The van der Waals surface area contributed by atoms with Crippen molar-refractivity contribution >= 4 is 35.0 Å². The zero-order valence-corrected chi connectivity index (χ0v) is 17.3. The number of halogens is 2. The number of nitrogens with zero attached hydrogens (tertiary/aromatic N) is 2. The second-order valence-corrected chi connectivity index (χ2v) is 8.81. The van der Waals surface area contributed by atoms with Gasteiger partial charge in [0.2, 0.25) is 5.91 Å². The van der Waals surface area contributed by atoms with Gasteiger partial charge in [0.15, 0.2) is 0 Å². The highest BCUT2D eigenvalue weighted by molar-refractivity contribution is 6.35. The summed E-state index contributed by atoms with van der Waals surface area (Å²) in [6, 6.07) is 4.31. The van der Waals surface area contributed by atoms with Gasteiger partial charge in [0.05, 0.1) is 0 Å². The van der Waals surface area contributed by atoms with Crippen molar-refractivity contribution in [2.45, 2.75) is 32.7 Å². The second kappa shape index (κ2) is 8.59. The van der Waals surface area contributed by atoms with Crippen LogP contribution in [-0.2, 0) is 4.79 Å². The van der Waals surface area contributed by atoms with Crippen molar-refractivity contribution in [1.29, 1.82) is 0 Å². The van der Waals surface area contributed by atoms with Crippen LogP contribution in [0.5, 0.6) is 0 Å². The maximum atomic E-state index is 12.8. The Morgan fingerprint density at radius 1 is 1.23 bits per heavy atom. The standard InChI is InChI=1S/C19H27Cl2N3O2/c1-19(2,12-23(3)4)11-22-17(25)16-6-5-7-24(16)18(26)13-8-14(20)10-15(21)9-13/h8-10,16H,5-7,11-12H2,1-4H3,(H,22,25). The van der Waals surface area contributed by atoms with E-state index in [1.54, 1.807) is 23.1 Å². The SMILES string of the molecule is CN(C)CC(C)(C)CNC(=O)C1CCCN1C(=O)c1cc(Cl)cc(Cl)c1. The number of hydrogen-bond acceptors (Lipinski definition) is 3. The number of amides is 2. The van der Waals surface area contributed by atoms with Crippen LogP contribution in [0.4, 0.5) is 0 Å². The molecule has 1 aromatic rings. The molecule has 0 aliphatic carbocycles. The lowest BCUT2D eigenvalue weighted by Gasteiger charge is -2.30. The molecule has 5 nitrogen and oxygen atoms in total. The van der Waals surface area contributed by atoms with Crippen molar-refractivity contribution in [3.8, 4) is 0 Å². The quantitative estimate of drug-likeness (QED) is 0.797. The number of benzene rings is 1. The topological polar surface area (TPSA) is 52.7 Å². The van der Waals surface area contributed by atoms with Crippen LogP contribution in [0.3, 0.4) is 0 Å². The van der Waals surface area contributed by atoms with E-state index >= 15 is 0 Å². The summed E-state index contributed by atoms with van der Waals surface area (Å²) in [5.74, 6) is -0.310. The third-order valence-electron chi connectivity index (χ3n) is 4.41. The normalized spacial score (nSPS) is 17.7. The average molecular weight is 400 g/mol. The smallest absolute Gasteiger partial charge is 0.254 e. The lowest BCUT2D eigenvalue weighted by molar-refractivity contribution is -0.125. The Bertz CT molecular complexity index is 656. The zero-order valence-electron chi connectivity index (χ0n) is 15.8. The van der Waals surface area contributed by atoms with Gasteiger partial charge in [-0.3, -0.25) is 9.59 Å². The molecule has 0 spiro atoms. The molecule has 1 unspecified atom stereocenters. The van der Waals surface area contributed by atoms with Crippen LogP contribution in [0, 0.1) is 5.41 Å². The molecule has 1 atom stereocenters. The number of hydrogen-bond donors (Lipinski definition) is 1. The van der Waals surface area contributed by atoms with Gasteiger partial charge in [0, 0.05) is 35.2 Å². The molecule has 26 heavy (non-hydrogen) atoms. The van der Waals surface area contributed by atoms with E-state index in [9.17, 15) is 9.59 Å². The lowest BCUT2D eigenvalue weighted by atomic mass is 9.93. The van der Waals surface area contributed by atoms with Crippen LogP contribution < -0.4 is 5.32 Å². The first-order valence-corrected chi connectivity index (χ1v) is 9.54. The molecule has 7 heteroatoms. The number of nitrogens with one attached hydrogen (secondary N) is 1. The van der Waals surface area contributed by atoms with Gasteiger partial charge in [-0.2, -0.15) is 0 Å². The first kappa shape index (κ1) is 21.0. The molecule has 2 amide bonds. The molecule has 1 aliphatic heterocycles. The van der Waals surface area contributed by atoms with E-state index in [2.05, 4.69) is 24.1 Å². The minimum Gasteiger partial charge on any atom is -0.354 e. The highest BCUT2D eigenvalue weighted by atomic mass is 35.5. The predicted molar refractivity (Wildman–Crippen MR) is 106 cm³/mol. The molecule has 1 aromatic carbocycles. The van der Waals surface area contributed by atoms with Crippen LogP contribution in [0.1, 0.15) is 37.0 Å². The van der Waals surface area contributed by atoms with Gasteiger partial charge < -0.3 is 15.1 Å². The first-order chi connectivity index (χ1) is 12.1. The Hall–Kier alpha value is -1.30. The monoisotopic (exact) mass is 399 g/mol. The summed E-state index contributed by atoms with van der Waals surface area (Å²) in [4.78, 5) is 29.2. The van der Waals surface area contributed by atoms with Crippen LogP contribution >= 0.6 is 23.2 Å². The summed E-state index contributed by atoms with van der Waals surface area (Å²) in [5, 5.41) is 3.84. The Morgan fingerprint density at radius 3 is 2.42 bits per heavy atom. The van der Waals surface area contributed by atoms with Gasteiger partial charge in [-0.15, -0.1) is 0 Å². The van der Waals surface area contributed by atoms with Crippen molar-refractivity contribution < 1.29 is 9.59 Å². The molecular weight excluding hydrogens is 373 g/mol. The van der Waals surface area contributed by atoms with Crippen LogP contribution in [0.2, 0.25) is 10.0 Å². The highest BCUT2D eigenvalue weighted by Crippen LogP contribution is 2.25. The molecular formula is C19H27Cl2N3O2. The Morgan fingerprint density at radius 2 is 1.85 bits per heavy atom. The maximum Gasteiger partial charge on any atom is 0.254 e. The molecule has 1 fully saturated rings. The number of rotatable bonds is 6. The fraction of sp³-hybridized carbons (Fsp3) is 0.579. The number of carbonyl (C=O) groups is 2. The number of likely N-dealkylation sites (tertiary alicyclic amines) is 1. The van der Waals surface area contributed by atoms with Gasteiger partial charge in [-0.05, 0) is 50.6 Å². The third kappa shape index (κ3) is 5.60. The summed E-state index contributed by atoms with van der Waals surface area (Å²) in [6.45, 7) is 6.20. The largest absolute Gasteiger partial charge is 0.354 e. The lowest BCUT2D eigenvalue weighted by Crippen LogP contribution is -2.49. The predicted octanol–water partition coefficient (Wildman–Crippen LogP) is 3.30. The summed E-state index contributed by atoms with van der Waals surface area (Å²) in [5.41, 5.74) is 0.364. The van der Waals surface area contributed by atoms with Gasteiger partial charge >= 0.3 is 0 Å². The van der Waals surface area contributed by atoms with E-state index in [1.807, 2.05) is 14.1 Å². The third-order valence-corrected chi connectivity index (χ3v) is 4.85. The summed E-state index contributed by atoms with van der Waals surface area (Å²) < 4.78 is 0. The van der Waals surface area contributed by atoms with Crippen molar-refractivity contribution in [2.24, 2.45) is 5.41 Å². The van der Waals surface area contributed by atoms with Gasteiger partial charge in [-0.25, -0.2) is 0 Å². The van der Waals surface area contributed by atoms with Crippen molar-refractivity contribution in [3.63, 3.8) is 0 Å². The fourth-order valence-corrected chi connectivity index (χ4v) is 4.01. The molecule has 0 saturated carbocycles. The van der Waals surface area contributed by atoms with Crippen LogP contribution in [0.25, 0.3) is 0 Å². The van der Waals surface area contributed by atoms with E-state index in [-0.39, 0.29) is 17.2 Å². The molecule has 0 bridgehead atoms. The van der Waals surface area contributed by atoms with Crippen LogP contribution in [-0.4, -0.2) is 61.4 Å². The van der Waals surface area contributed by atoms with Crippen molar-refractivity contribution in [1.82, 2.24) is 15.1 Å². The summed E-state index contributed by atoms with van der Waals surface area (Å²) in [6.07, 6.45) is 1.47. The average Bonchev–Trinajstić information content (AvgIpc) is 2.99. The van der Waals surface area contributed by atoms with Gasteiger partial charge in [0.1, 0.15) is 6.04 Å². The van der Waals surface area contributed by atoms with Gasteiger partial charge in [0.25, 0.3) is 5.91 Å². The highest BCUT2D eigenvalue weighted by Gasteiger charge is 2.35. The van der Waals surface area contributed by atoms with E-state index in [1.165, 1.54) is 0 Å². The Balaban J connectivity index is 2.04. The number of carbonyl (C=O) groups excluding carboxylic acids is 2. The van der Waals surface area contributed by atoms with E-state index in [0.717, 1.165) is 13.0 Å². The summed E-state index contributed by atoms with van der Waals surface area (Å²) in [7, 11) is 4.02. The Labute approximate surface area is 165 Å². The molecule has 144 valence electrons. The zero-order chi connectivity index (χ0) is 19.5. The summed E-state index contributed by atoms with van der Waals surface area (Å²) >= 11 is 12.0. The molecule has 1 N–H and O–H groups in total. The van der Waals surface area contributed by atoms with E-state index in [0.29, 0.717) is 35.1 Å². The molecule has 2 rings (SSSR count). The Kier molecular flexibility index (Phi) is 6.94. The molecule has 1 aliphatic rings. The second-order valence-electron chi connectivity index (χ2n) is 7.93. The van der Waals surface area contributed by atoms with E-state index < -0.39 is 6.04 Å². The molecule has 1 saturated heterocycles. The van der Waals surface area contributed by atoms with Crippen molar-refractivity contribution in [2.75, 3.05) is 33.7 Å². The van der Waals surface area contributed by atoms with Gasteiger partial charge in [-0.1, -0.05) is 37.0 Å². The van der Waals surface area contributed by atoms with E-state index in [4.69, 9.17) is 23.2 Å². The molecule has 0 radical (unpaired) electrons. The molecule has 0 aromatic heterocycles. The fourth-order valence-electron chi connectivity index (χ4n) is 3.48. The minimum atomic E-state index is -0.449.